The molecule has 0 saturated carbocycles. The summed E-state index contributed by atoms with van der Waals surface area (Å²) in [6.07, 6.45) is 1.83. The molecular weight excluding hydrogens is 427 g/mol. The van der Waals surface area contributed by atoms with E-state index >= 15 is 0 Å². The van der Waals surface area contributed by atoms with Crippen molar-refractivity contribution in [3.05, 3.63) is 87.5 Å². The van der Waals surface area contributed by atoms with Gasteiger partial charge in [-0.05, 0) is 23.8 Å². The van der Waals surface area contributed by atoms with Gasteiger partial charge in [-0.25, -0.2) is 9.67 Å². The highest BCUT2D eigenvalue weighted by Crippen LogP contribution is 2.30. The Morgan fingerprint density at radius 3 is 2.66 bits per heavy atom. The summed E-state index contributed by atoms with van der Waals surface area (Å²) in [6.45, 7) is 0.535. The summed E-state index contributed by atoms with van der Waals surface area (Å²) in [5, 5.41) is 11.2. The second-order valence-electron chi connectivity index (χ2n) is 6.35. The molecule has 2 aromatic heterocycles. The molecule has 0 atom stereocenters. The van der Waals surface area contributed by atoms with Crippen molar-refractivity contribution in [2.45, 2.75) is 13.0 Å². The molecule has 0 radical (unpaired) electrons. The smallest absolute Gasteiger partial charge is 0.231 e. The van der Waals surface area contributed by atoms with E-state index in [-0.39, 0.29) is 12.3 Å². The highest BCUT2D eigenvalue weighted by atomic mass is 35.5. The second-order valence-corrected chi connectivity index (χ2v) is 8.05. The maximum atomic E-state index is 12.5. The van der Waals surface area contributed by atoms with Crippen LogP contribution >= 0.6 is 34.5 Å². The van der Waals surface area contributed by atoms with Crippen molar-refractivity contribution < 1.29 is 4.79 Å². The molecule has 4 rings (SSSR count). The topological polar surface area (TPSA) is 59.8 Å². The van der Waals surface area contributed by atoms with Gasteiger partial charge in [-0.15, -0.1) is 11.3 Å². The van der Waals surface area contributed by atoms with Gasteiger partial charge in [0.05, 0.1) is 29.9 Å². The van der Waals surface area contributed by atoms with Gasteiger partial charge in [0.25, 0.3) is 0 Å². The van der Waals surface area contributed by atoms with Crippen molar-refractivity contribution in [3.8, 4) is 10.6 Å². The number of nitrogens with one attached hydrogen (secondary N) is 1. The average molecular weight is 443 g/mol. The van der Waals surface area contributed by atoms with Gasteiger partial charge in [-0.2, -0.15) is 5.10 Å². The fourth-order valence-electron chi connectivity index (χ4n) is 2.83. The van der Waals surface area contributed by atoms with Crippen molar-refractivity contribution in [2.75, 3.05) is 5.32 Å². The zero-order valence-electron chi connectivity index (χ0n) is 15.2. The van der Waals surface area contributed by atoms with Gasteiger partial charge in [0, 0.05) is 22.0 Å². The van der Waals surface area contributed by atoms with Gasteiger partial charge in [0.1, 0.15) is 10.8 Å². The Labute approximate surface area is 181 Å². The van der Waals surface area contributed by atoms with Crippen molar-refractivity contribution in [3.63, 3.8) is 0 Å². The molecule has 0 saturated heterocycles. The quantitative estimate of drug-likeness (QED) is 0.426. The number of thiazole rings is 1. The van der Waals surface area contributed by atoms with E-state index in [2.05, 4.69) is 15.4 Å². The Kier molecular flexibility index (Phi) is 5.94. The summed E-state index contributed by atoms with van der Waals surface area (Å²) in [6, 6.07) is 16.8. The van der Waals surface area contributed by atoms with Gasteiger partial charge >= 0.3 is 0 Å². The lowest BCUT2D eigenvalue weighted by Gasteiger charge is -2.09. The van der Waals surface area contributed by atoms with Gasteiger partial charge in [-0.3, -0.25) is 4.79 Å². The molecule has 8 heteroatoms. The maximum absolute atomic E-state index is 12.5. The fourth-order valence-corrected chi connectivity index (χ4v) is 4.09. The monoisotopic (exact) mass is 442 g/mol. The van der Waals surface area contributed by atoms with Crippen molar-refractivity contribution in [1.82, 2.24) is 14.8 Å². The molecule has 0 aliphatic heterocycles. The summed E-state index contributed by atoms with van der Waals surface area (Å²) in [7, 11) is 0. The molecule has 146 valence electrons. The fraction of sp³-hybridized carbons (Fsp3) is 0.0952. The van der Waals surface area contributed by atoms with E-state index in [9.17, 15) is 4.79 Å². The number of aromatic nitrogens is 3. The third-order valence-corrected chi connectivity index (χ3v) is 5.73. The number of hydrogen-bond acceptors (Lipinski definition) is 4. The van der Waals surface area contributed by atoms with Crippen LogP contribution < -0.4 is 5.32 Å². The molecule has 5 nitrogen and oxygen atoms in total. The first-order chi connectivity index (χ1) is 14.1. The molecule has 1 amide bonds. The number of hydrogen-bond donors (Lipinski definition) is 1. The largest absolute Gasteiger partial charge is 0.311 e. The van der Waals surface area contributed by atoms with Crippen LogP contribution in [0.15, 0.2) is 66.2 Å². The maximum Gasteiger partial charge on any atom is 0.231 e. The van der Waals surface area contributed by atoms with E-state index in [0.29, 0.717) is 28.1 Å². The molecular formula is C21H16Cl2N4OS. The predicted octanol–water partition coefficient (Wildman–Crippen LogP) is 5.54. The lowest BCUT2D eigenvalue weighted by atomic mass is 10.2. The van der Waals surface area contributed by atoms with Gasteiger partial charge in [0.2, 0.25) is 5.91 Å². The number of anilines is 1. The Morgan fingerprint density at radius 1 is 1.07 bits per heavy atom. The summed E-state index contributed by atoms with van der Waals surface area (Å²) in [5.41, 5.74) is 2.61. The van der Waals surface area contributed by atoms with Crippen LogP contribution in [-0.2, 0) is 17.8 Å². The minimum absolute atomic E-state index is 0.154. The first kappa shape index (κ1) is 19.6. The number of amides is 1. The number of nitrogens with zero attached hydrogens (tertiary/aromatic N) is 3. The number of carbonyl (C=O) groups excluding carboxylic acids is 1. The zero-order valence-corrected chi connectivity index (χ0v) is 17.5. The molecule has 0 spiro atoms. The van der Waals surface area contributed by atoms with E-state index in [1.165, 1.54) is 11.3 Å². The Balaban J connectivity index is 1.42. The average Bonchev–Trinajstić information content (AvgIpc) is 3.34. The molecule has 1 N–H and O–H groups in total. The van der Waals surface area contributed by atoms with Crippen LogP contribution in [-0.4, -0.2) is 20.7 Å². The molecule has 0 unspecified atom stereocenters. The van der Waals surface area contributed by atoms with Crippen LogP contribution in [0.25, 0.3) is 10.6 Å². The van der Waals surface area contributed by atoms with Crippen molar-refractivity contribution in [1.29, 1.82) is 0 Å². The molecule has 29 heavy (non-hydrogen) atoms. The van der Waals surface area contributed by atoms with Gasteiger partial charge in [0.15, 0.2) is 0 Å². The Hall–Kier alpha value is -2.67. The number of carbonyl (C=O) groups is 1. The lowest BCUT2D eigenvalue weighted by molar-refractivity contribution is -0.115. The van der Waals surface area contributed by atoms with Gasteiger partial charge < -0.3 is 5.32 Å². The van der Waals surface area contributed by atoms with E-state index in [1.807, 2.05) is 53.9 Å². The molecule has 0 fully saturated rings. The van der Waals surface area contributed by atoms with Crippen molar-refractivity contribution >= 4 is 46.3 Å². The minimum atomic E-state index is -0.154. The highest BCUT2D eigenvalue weighted by molar-refractivity contribution is 7.13. The molecule has 2 heterocycles. The molecule has 0 aliphatic carbocycles. The van der Waals surface area contributed by atoms with E-state index in [0.717, 1.165) is 16.1 Å². The molecule has 4 aromatic rings. The normalized spacial score (nSPS) is 10.8. The van der Waals surface area contributed by atoms with Crippen LogP contribution in [0.1, 0.15) is 11.3 Å². The van der Waals surface area contributed by atoms with Crippen LogP contribution in [0.3, 0.4) is 0 Å². The SMILES string of the molecule is O=C(Cc1csc(-c2ccccc2Cl)n1)Nc1ccnn1Cc1ccc(Cl)cc1. The predicted molar refractivity (Wildman–Crippen MR) is 118 cm³/mol. The second kappa shape index (κ2) is 8.78. The third-order valence-electron chi connectivity index (χ3n) is 4.23. The molecule has 0 aliphatic rings. The number of rotatable bonds is 6. The molecule has 0 bridgehead atoms. The lowest BCUT2D eigenvalue weighted by Crippen LogP contribution is -2.18. The van der Waals surface area contributed by atoms with E-state index in [4.69, 9.17) is 23.2 Å². The zero-order chi connectivity index (χ0) is 20.2. The van der Waals surface area contributed by atoms with Crippen LogP contribution in [0.4, 0.5) is 5.82 Å². The summed E-state index contributed by atoms with van der Waals surface area (Å²) < 4.78 is 1.73. The van der Waals surface area contributed by atoms with Crippen LogP contribution in [0, 0.1) is 0 Å². The van der Waals surface area contributed by atoms with E-state index < -0.39 is 0 Å². The summed E-state index contributed by atoms with van der Waals surface area (Å²) in [4.78, 5) is 17.1. The Bertz CT molecular complexity index is 1140. The van der Waals surface area contributed by atoms with Crippen LogP contribution in [0.5, 0.6) is 0 Å². The standard InChI is InChI=1S/C21H16Cl2N4OS/c22-15-7-5-14(6-8-15)12-27-19(9-10-24-27)26-20(28)11-16-13-29-21(25-16)17-3-1-2-4-18(17)23/h1-10,13H,11-12H2,(H,26,28). The van der Waals surface area contributed by atoms with Crippen LogP contribution in [0.2, 0.25) is 10.0 Å². The number of halogens is 2. The third kappa shape index (κ3) is 4.85. The Morgan fingerprint density at radius 2 is 1.86 bits per heavy atom. The first-order valence-corrected chi connectivity index (χ1v) is 10.5. The number of benzene rings is 2. The first-order valence-electron chi connectivity index (χ1n) is 8.84. The highest BCUT2D eigenvalue weighted by Gasteiger charge is 2.13. The summed E-state index contributed by atoms with van der Waals surface area (Å²) in [5.74, 6) is 0.477. The van der Waals surface area contributed by atoms with Crippen molar-refractivity contribution in [2.24, 2.45) is 0 Å². The molecule has 2 aromatic carbocycles. The van der Waals surface area contributed by atoms with E-state index in [1.54, 1.807) is 16.9 Å². The minimum Gasteiger partial charge on any atom is -0.311 e. The van der Waals surface area contributed by atoms with Gasteiger partial charge in [-0.1, -0.05) is 53.5 Å². The summed E-state index contributed by atoms with van der Waals surface area (Å²) >= 11 is 13.6.